The van der Waals surface area contributed by atoms with Gasteiger partial charge in [-0.2, -0.15) is 0 Å². The number of carbonyl (C=O) groups is 2. The van der Waals surface area contributed by atoms with Crippen molar-refractivity contribution in [3.8, 4) is 22.8 Å². The summed E-state index contributed by atoms with van der Waals surface area (Å²) in [7, 11) is 0.543. The molecule has 0 atom stereocenters. The van der Waals surface area contributed by atoms with Gasteiger partial charge in [-0.3, -0.25) is 0 Å². The van der Waals surface area contributed by atoms with E-state index in [0.29, 0.717) is 36.4 Å². The lowest BCUT2D eigenvalue weighted by molar-refractivity contribution is 0.0592. The fourth-order valence-corrected chi connectivity index (χ4v) is 11.9. The maximum atomic E-state index is 12.2. The lowest BCUT2D eigenvalue weighted by Crippen LogP contribution is -2.22. The lowest BCUT2D eigenvalue weighted by atomic mass is 9.82. The molecule has 0 saturated heterocycles. The molecule has 0 unspecified atom stereocenters. The van der Waals surface area contributed by atoms with Gasteiger partial charge in [-0.25, -0.2) is 19.6 Å². The second kappa shape index (κ2) is 22.4. The predicted octanol–water partition coefficient (Wildman–Crippen LogP) is 13.6. The van der Waals surface area contributed by atoms with Gasteiger partial charge in [0.1, 0.15) is 22.9 Å². The summed E-state index contributed by atoms with van der Waals surface area (Å²) in [5.74, 6) is 0.321. The van der Waals surface area contributed by atoms with Gasteiger partial charge >= 0.3 is 11.9 Å². The number of esters is 2. The molecule has 0 aliphatic heterocycles. The molecule has 2 aliphatic carbocycles. The van der Waals surface area contributed by atoms with E-state index in [1.807, 2.05) is 43.0 Å². The van der Waals surface area contributed by atoms with Crippen molar-refractivity contribution in [2.75, 3.05) is 27.4 Å². The number of methoxy groups -OCH3 is 2. The molecule has 4 aromatic heterocycles. The number of ether oxygens (including phenoxy) is 4. The highest BCUT2D eigenvalue weighted by Gasteiger charge is 2.29. The second-order valence-corrected chi connectivity index (χ2v) is 33.0. The predicted molar refractivity (Wildman–Crippen MR) is 284 cm³/mol. The number of aromatic amines is 2. The Morgan fingerprint density at radius 1 is 0.687 bits per heavy atom. The van der Waals surface area contributed by atoms with Gasteiger partial charge in [-0.15, -0.1) is 0 Å². The first-order valence-electron chi connectivity index (χ1n) is 24.1. The summed E-state index contributed by atoms with van der Waals surface area (Å²) in [4.78, 5) is 40.9. The molecule has 6 aromatic rings. The third kappa shape index (κ3) is 12.3. The van der Waals surface area contributed by atoms with Crippen molar-refractivity contribution in [3.05, 3.63) is 87.3 Å². The molecule has 4 heterocycles. The van der Waals surface area contributed by atoms with Crippen LogP contribution in [0.5, 0.6) is 0 Å². The van der Waals surface area contributed by atoms with Crippen molar-refractivity contribution in [2.45, 2.75) is 141 Å². The number of carbonyl (C=O) groups excluding carboxylic acids is 2. The number of rotatable bonds is 17. The zero-order valence-electron chi connectivity index (χ0n) is 41.0. The Labute approximate surface area is 412 Å². The lowest BCUT2D eigenvalue weighted by Gasteiger charge is -2.23. The Hall–Kier alpha value is -4.30. The van der Waals surface area contributed by atoms with Gasteiger partial charge in [0.25, 0.3) is 0 Å². The van der Waals surface area contributed by atoms with E-state index in [2.05, 4.69) is 110 Å². The average molecular weight is 1060 g/mol. The molecule has 67 heavy (non-hydrogen) atoms. The van der Waals surface area contributed by atoms with Crippen LogP contribution >= 0.6 is 22.6 Å². The van der Waals surface area contributed by atoms with Crippen molar-refractivity contribution in [1.82, 2.24) is 29.1 Å². The first kappa shape index (κ1) is 50.6. The van der Waals surface area contributed by atoms with Crippen LogP contribution in [0.3, 0.4) is 0 Å². The molecule has 2 N–H and O–H groups in total. The second-order valence-electron chi connectivity index (χ2n) is 20.7. The Balaban J connectivity index is 0.000000199. The van der Waals surface area contributed by atoms with E-state index in [9.17, 15) is 9.59 Å². The number of nitrogens with zero attached hydrogens (tertiary/aromatic N) is 4. The van der Waals surface area contributed by atoms with E-state index >= 15 is 0 Å². The van der Waals surface area contributed by atoms with Gasteiger partial charge in [-0.1, -0.05) is 96.5 Å². The van der Waals surface area contributed by atoms with E-state index in [4.69, 9.17) is 18.9 Å². The number of aromatic nitrogens is 6. The summed E-state index contributed by atoms with van der Waals surface area (Å²) in [5, 5.41) is 2.35. The number of H-pyrrole nitrogens is 2. The van der Waals surface area contributed by atoms with Crippen molar-refractivity contribution >= 4 is 78.6 Å². The summed E-state index contributed by atoms with van der Waals surface area (Å²) < 4.78 is 27.2. The largest absolute Gasteiger partial charge is 0.465 e. The molecule has 0 spiro atoms. The number of benzene rings is 2. The minimum Gasteiger partial charge on any atom is -0.465 e. The van der Waals surface area contributed by atoms with Gasteiger partial charge in [0.2, 0.25) is 0 Å². The van der Waals surface area contributed by atoms with Crippen LogP contribution in [0.1, 0.15) is 114 Å². The Morgan fingerprint density at radius 3 is 1.55 bits per heavy atom. The monoisotopic (exact) mass is 1060 g/mol. The fraction of sp³-hybridized carbons (Fsp3) is 0.500. The maximum absolute atomic E-state index is 12.2. The molecule has 2 saturated carbocycles. The van der Waals surface area contributed by atoms with Crippen LogP contribution in [0.4, 0.5) is 0 Å². The molecule has 15 heteroatoms. The minimum absolute atomic E-state index is 0.317. The summed E-state index contributed by atoms with van der Waals surface area (Å²) >= 11 is 2.32. The molecule has 8 rings (SSSR count). The van der Waals surface area contributed by atoms with Crippen LogP contribution in [0.2, 0.25) is 51.4 Å². The summed E-state index contributed by atoms with van der Waals surface area (Å²) in [5.41, 5.74) is 10.8. The van der Waals surface area contributed by atoms with E-state index in [1.54, 1.807) is 0 Å². The molecule has 2 aromatic carbocycles. The molecule has 2 aliphatic rings. The Kier molecular flexibility index (Phi) is 16.9. The SMILES string of the molecule is C=Cc1ncn(COCC[Si](C)(C)C)c1-c1[nH]c2cc(C(=O)OC)ccc2c1C1CCCCC1.COC(=O)c1ccc2c(C3CCCCC3)c(-c3c(I)ncn3COCC[Si](C)(C)C)[nH]c2c1. The zero-order chi connectivity index (χ0) is 47.9. The average Bonchev–Trinajstić information content (AvgIpc) is 4.10. The van der Waals surface area contributed by atoms with Crippen molar-refractivity contribution in [3.63, 3.8) is 0 Å². The summed E-state index contributed by atoms with van der Waals surface area (Å²) in [6.45, 7) is 20.7. The number of hydrogen-bond donors (Lipinski definition) is 2. The van der Waals surface area contributed by atoms with Gasteiger partial charge in [-0.05, 0) is 114 Å². The fourth-order valence-electron chi connectivity index (χ4n) is 9.63. The number of hydrogen-bond acceptors (Lipinski definition) is 8. The Morgan fingerprint density at radius 2 is 1.12 bits per heavy atom. The Bertz CT molecular complexity index is 2660. The number of nitrogens with one attached hydrogen (secondary N) is 2. The molecule has 2 fully saturated rings. The van der Waals surface area contributed by atoms with E-state index in [1.165, 1.54) is 94.9 Å². The number of fused-ring (bicyclic) bond motifs is 2. The van der Waals surface area contributed by atoms with Crippen LogP contribution in [0, 0.1) is 3.70 Å². The first-order valence-corrected chi connectivity index (χ1v) is 32.6. The molecule has 0 radical (unpaired) electrons. The van der Waals surface area contributed by atoms with Gasteiger partial charge < -0.3 is 38.0 Å². The van der Waals surface area contributed by atoms with Gasteiger partial charge in [0, 0.05) is 51.2 Å². The van der Waals surface area contributed by atoms with Crippen molar-refractivity contribution < 1.29 is 28.5 Å². The van der Waals surface area contributed by atoms with E-state index in [0.717, 1.165) is 73.9 Å². The quantitative estimate of drug-likeness (QED) is 0.0399. The molecule has 12 nitrogen and oxygen atoms in total. The van der Waals surface area contributed by atoms with Crippen LogP contribution in [0.25, 0.3) is 50.7 Å². The zero-order valence-corrected chi connectivity index (χ0v) is 45.1. The third-order valence-electron chi connectivity index (χ3n) is 13.3. The minimum atomic E-state index is -1.16. The normalized spacial score (nSPS) is 15.2. The van der Waals surface area contributed by atoms with Gasteiger partial charge in [0.05, 0.1) is 60.8 Å². The van der Waals surface area contributed by atoms with Gasteiger partial charge in [0.15, 0.2) is 0 Å². The number of halogens is 1. The van der Waals surface area contributed by atoms with Crippen LogP contribution in [0.15, 0.2) is 55.6 Å². The van der Waals surface area contributed by atoms with E-state index < -0.39 is 16.1 Å². The van der Waals surface area contributed by atoms with Crippen molar-refractivity contribution in [2.24, 2.45) is 0 Å². The molecule has 0 bridgehead atoms. The highest BCUT2D eigenvalue weighted by molar-refractivity contribution is 14.1. The third-order valence-corrected chi connectivity index (χ3v) is 17.5. The first-order chi connectivity index (χ1) is 32.1. The molecule has 0 amide bonds. The highest BCUT2D eigenvalue weighted by Crippen LogP contribution is 2.45. The smallest absolute Gasteiger partial charge is 0.337 e. The topological polar surface area (TPSA) is 138 Å². The van der Waals surface area contributed by atoms with Crippen LogP contribution in [-0.2, 0) is 32.4 Å². The highest BCUT2D eigenvalue weighted by atomic mass is 127. The standard InChI is InChI=1S/C27H37N3O3Si.C25H34IN3O3Si/c1-6-22-26(30(17-28-22)18-33-14-15-34(3,4)5)25-24(19-10-8-7-9-11-19)21-13-12-20(27(31)32-2)16-23(21)29-25;1-31-25(30)18-10-11-19-20(14-18)28-22(21(19)17-8-6-5-7-9-17)23-24(26)27-15-29(23)16-32-12-13-33(2,3)4/h6,12-13,16-17,19,29H,1,7-11,14-15,18H2,2-5H3;10-11,14-15,17,28H,5-9,12-13,16H2,1-4H3. The number of imidazole rings is 2. The van der Waals surface area contributed by atoms with Crippen LogP contribution in [-0.4, -0.2) is 84.6 Å². The van der Waals surface area contributed by atoms with E-state index in [-0.39, 0.29) is 11.9 Å². The van der Waals surface area contributed by atoms with Crippen molar-refractivity contribution in [1.29, 1.82) is 0 Å². The summed E-state index contributed by atoms with van der Waals surface area (Å²) in [6, 6.07) is 14.0. The molecular weight excluding hydrogens is 988 g/mol. The van der Waals surface area contributed by atoms with Crippen LogP contribution < -0.4 is 0 Å². The molecule has 360 valence electrons. The molecular formula is C52H71IN6O6Si2. The maximum Gasteiger partial charge on any atom is 0.337 e. The summed E-state index contributed by atoms with van der Waals surface area (Å²) in [6.07, 6.45) is 17.8.